The van der Waals surface area contributed by atoms with Gasteiger partial charge in [-0.05, 0) is 111 Å². The van der Waals surface area contributed by atoms with E-state index in [9.17, 15) is 29.1 Å². The maximum atomic E-state index is 14.8. The molecule has 6 aliphatic rings. The number of rotatable bonds is 9. The van der Waals surface area contributed by atoms with E-state index in [1.165, 1.54) is 5.01 Å². The molecule has 1 aromatic heterocycles. The minimum absolute atomic E-state index is 0.00795. The smallest absolute Gasteiger partial charge is 0.324 e. The summed E-state index contributed by atoms with van der Waals surface area (Å²) in [4.78, 5) is 79.4. The first-order chi connectivity index (χ1) is 32.9. The van der Waals surface area contributed by atoms with Gasteiger partial charge in [0.15, 0.2) is 0 Å². The summed E-state index contributed by atoms with van der Waals surface area (Å²) in [6, 6.07) is 8.62. The number of aryl methyl sites for hydroxylation is 1. The number of fused-ring (bicyclic) bond motifs is 6. The summed E-state index contributed by atoms with van der Waals surface area (Å²) in [5.74, 6) is -1.60. The Morgan fingerprint density at radius 2 is 1.80 bits per heavy atom. The first kappa shape index (κ1) is 48.4. The lowest BCUT2D eigenvalue weighted by molar-refractivity contribution is -0.155. The third-order valence-corrected chi connectivity index (χ3v) is 15.3. The Morgan fingerprint density at radius 3 is 2.52 bits per heavy atom. The zero-order valence-electron chi connectivity index (χ0n) is 41.5. The number of aromatic nitrogens is 1. The van der Waals surface area contributed by atoms with Crippen LogP contribution < -0.4 is 16.1 Å². The number of amides is 4. The van der Waals surface area contributed by atoms with Crippen molar-refractivity contribution in [1.82, 2.24) is 35.4 Å². The standard InChI is InChI=1S/C53H70N8O8/c1-9-59-43-13-12-34-24-37(43)39(46(59)38-19-31(4)26-55-44(38)32(5)68-8)25-52(6,7)29-69-50(66)40-11-10-16-61(57-40)49(65)41(22-33-20-35(34)23-36(62)21-33)56-47(63)45(30(2)3)60-18-15-53(51(60)67)14-17-58(28-53)48(64)42-27-54-42/h12-13,20-21,23-24,26,30-32,40-42,45,54,57,62H,9-11,14-19,22,25,27-29H2,1-8H3,(H,56,63)/t31?,32-,40-,41-,42+,45-,53?/m0/s1. The molecular formula is C53H70N8O8. The Balaban J connectivity index is 1.10. The highest BCUT2D eigenvalue weighted by Gasteiger charge is 2.55. The number of phenols is 1. The average Bonchev–Trinajstić information content (AvgIpc) is 3.92. The number of ether oxygens (including phenoxy) is 2. The molecule has 16 heteroatoms. The number of allylic oxidation sites excluding steroid dienone is 1. The largest absolute Gasteiger partial charge is 0.508 e. The van der Waals surface area contributed by atoms with Gasteiger partial charge in [0, 0.05) is 80.9 Å². The van der Waals surface area contributed by atoms with E-state index >= 15 is 0 Å². The molecule has 16 nitrogen and oxygen atoms in total. The third-order valence-electron chi connectivity index (χ3n) is 15.3. The van der Waals surface area contributed by atoms with Crippen LogP contribution >= 0.6 is 0 Å². The number of esters is 1. The SMILES string of the molecule is CCn1c(C2=C([C@H](C)OC)N=CC(C)C2)c2c3cc(ccc31)-c1cc(O)cc(c1)C[C@H](NC(=O)[C@H](C(C)C)N1CCC3(CCN(C(=O)[C@H]4CN4)C3)C1=O)C(=O)N1CCC[C@H](N1)C(=O)OCC(C)(C)C2. The van der Waals surface area contributed by atoms with Gasteiger partial charge in [0.2, 0.25) is 17.7 Å². The molecule has 0 aliphatic carbocycles. The molecule has 4 saturated heterocycles. The number of hydrazine groups is 1. The molecule has 4 amide bonds. The number of methoxy groups -OCH3 is 1. The van der Waals surface area contributed by atoms with E-state index < -0.39 is 46.7 Å². The number of phenolic OH excluding ortho intramolecular Hbond substituents is 1. The lowest BCUT2D eigenvalue weighted by Gasteiger charge is -2.37. The van der Waals surface area contributed by atoms with Crippen molar-refractivity contribution in [3.05, 3.63) is 58.9 Å². The van der Waals surface area contributed by atoms with Gasteiger partial charge in [-0.2, -0.15) is 0 Å². The van der Waals surface area contributed by atoms with Crippen molar-refractivity contribution in [2.75, 3.05) is 46.4 Å². The van der Waals surface area contributed by atoms with Crippen molar-refractivity contribution in [1.29, 1.82) is 0 Å². The van der Waals surface area contributed by atoms with E-state index in [4.69, 9.17) is 14.5 Å². The van der Waals surface area contributed by atoms with Gasteiger partial charge in [-0.25, -0.2) is 5.43 Å². The van der Waals surface area contributed by atoms with Gasteiger partial charge in [-0.3, -0.25) is 34.0 Å². The highest BCUT2D eigenvalue weighted by Crippen LogP contribution is 2.44. The summed E-state index contributed by atoms with van der Waals surface area (Å²) in [5.41, 5.74) is 9.37. The fraction of sp³-hybridized carbons (Fsp3) is 0.585. The van der Waals surface area contributed by atoms with Crippen LogP contribution in [0.5, 0.6) is 5.75 Å². The number of aromatic hydroxyl groups is 1. The molecule has 6 bridgehead atoms. The predicted molar refractivity (Wildman–Crippen MR) is 263 cm³/mol. The van der Waals surface area contributed by atoms with Gasteiger partial charge in [-0.1, -0.05) is 46.8 Å². The van der Waals surface area contributed by atoms with Crippen LogP contribution in [-0.4, -0.2) is 137 Å². The molecule has 4 N–H and O–H groups in total. The maximum absolute atomic E-state index is 14.8. The number of nitrogens with one attached hydrogen (secondary N) is 3. The summed E-state index contributed by atoms with van der Waals surface area (Å²) in [7, 11) is 1.70. The lowest BCUT2D eigenvalue weighted by Crippen LogP contribution is -2.62. The monoisotopic (exact) mass is 947 g/mol. The van der Waals surface area contributed by atoms with E-state index in [-0.39, 0.29) is 54.6 Å². The fourth-order valence-electron chi connectivity index (χ4n) is 11.6. The van der Waals surface area contributed by atoms with Gasteiger partial charge in [0.05, 0.1) is 35.6 Å². The van der Waals surface area contributed by atoms with E-state index in [0.29, 0.717) is 76.9 Å². The van der Waals surface area contributed by atoms with Gasteiger partial charge in [0.1, 0.15) is 23.9 Å². The minimum atomic E-state index is -1.14. The number of carbonyl (C=O) groups is 5. The Morgan fingerprint density at radius 1 is 1.03 bits per heavy atom. The molecule has 9 rings (SSSR count). The first-order valence-electron chi connectivity index (χ1n) is 25.1. The first-order valence-corrected chi connectivity index (χ1v) is 25.1. The summed E-state index contributed by atoms with van der Waals surface area (Å²) in [6.07, 6.45) is 5.17. The van der Waals surface area contributed by atoms with Crippen LogP contribution in [0.25, 0.3) is 27.6 Å². The highest BCUT2D eigenvalue weighted by molar-refractivity contribution is 5.97. The summed E-state index contributed by atoms with van der Waals surface area (Å²) >= 11 is 0. The Hall–Kier alpha value is -5.58. The molecule has 370 valence electrons. The Bertz CT molecular complexity index is 2610. The summed E-state index contributed by atoms with van der Waals surface area (Å²) in [5, 5.41) is 20.0. The summed E-state index contributed by atoms with van der Waals surface area (Å²) in [6.45, 7) is 17.3. The molecular weight excluding hydrogens is 877 g/mol. The molecule has 1 spiro atoms. The van der Waals surface area contributed by atoms with E-state index in [0.717, 1.165) is 51.0 Å². The van der Waals surface area contributed by atoms with Crippen molar-refractivity contribution in [2.24, 2.45) is 27.7 Å². The molecule has 4 fully saturated rings. The minimum Gasteiger partial charge on any atom is -0.508 e. The average molecular weight is 947 g/mol. The van der Waals surface area contributed by atoms with Crippen molar-refractivity contribution in [3.63, 3.8) is 0 Å². The molecule has 6 aliphatic heterocycles. The molecule has 3 aromatic rings. The fourth-order valence-corrected chi connectivity index (χ4v) is 11.6. The molecule has 2 unspecified atom stereocenters. The second kappa shape index (κ2) is 19.0. The van der Waals surface area contributed by atoms with E-state index in [2.05, 4.69) is 66.5 Å². The number of carbonyl (C=O) groups excluding carboxylic acids is 5. The van der Waals surface area contributed by atoms with Crippen LogP contribution in [0.15, 0.2) is 47.1 Å². The predicted octanol–water partition coefficient (Wildman–Crippen LogP) is 4.99. The molecule has 7 heterocycles. The number of hydrogen-bond donors (Lipinski definition) is 4. The van der Waals surface area contributed by atoms with Crippen LogP contribution in [-0.2, 0) is 52.8 Å². The van der Waals surface area contributed by atoms with E-state index in [1.54, 1.807) is 29.0 Å². The number of nitrogens with zero attached hydrogens (tertiary/aromatic N) is 5. The Labute approximate surface area is 405 Å². The summed E-state index contributed by atoms with van der Waals surface area (Å²) < 4.78 is 14.4. The molecule has 0 radical (unpaired) electrons. The number of benzene rings is 2. The van der Waals surface area contributed by atoms with Crippen LogP contribution in [0.4, 0.5) is 0 Å². The number of aliphatic imine (C=N–C) groups is 1. The van der Waals surface area contributed by atoms with E-state index in [1.807, 2.05) is 33.1 Å². The van der Waals surface area contributed by atoms with Crippen LogP contribution in [0.1, 0.15) is 97.4 Å². The zero-order valence-corrected chi connectivity index (χ0v) is 41.5. The Kier molecular flexibility index (Phi) is 13.3. The third kappa shape index (κ3) is 9.43. The quantitative estimate of drug-likeness (QED) is 0.168. The van der Waals surface area contributed by atoms with Gasteiger partial charge in [-0.15, -0.1) is 0 Å². The van der Waals surface area contributed by atoms with Gasteiger partial charge in [0.25, 0.3) is 5.91 Å². The van der Waals surface area contributed by atoms with Gasteiger partial charge < -0.3 is 39.6 Å². The second-order valence-corrected chi connectivity index (χ2v) is 21.6. The topological polar surface area (TPSA) is 197 Å². The van der Waals surface area contributed by atoms with Crippen LogP contribution in [0.2, 0.25) is 0 Å². The van der Waals surface area contributed by atoms with Crippen molar-refractivity contribution < 1.29 is 38.6 Å². The number of cyclic esters (lactones) is 1. The highest BCUT2D eigenvalue weighted by atomic mass is 16.5. The lowest BCUT2D eigenvalue weighted by atomic mass is 9.82. The number of hydrogen-bond acceptors (Lipinski definition) is 11. The number of likely N-dealkylation sites (tertiary alicyclic amines) is 2. The van der Waals surface area contributed by atoms with Crippen molar-refractivity contribution in [2.45, 2.75) is 130 Å². The second-order valence-electron chi connectivity index (χ2n) is 21.6. The van der Waals surface area contributed by atoms with Gasteiger partial charge >= 0.3 is 5.97 Å². The van der Waals surface area contributed by atoms with Crippen LogP contribution in [0.3, 0.4) is 0 Å². The normalized spacial score (nSPS) is 27.0. The van der Waals surface area contributed by atoms with Crippen LogP contribution in [0, 0.1) is 22.7 Å². The maximum Gasteiger partial charge on any atom is 0.324 e. The molecule has 7 atom stereocenters. The van der Waals surface area contributed by atoms with Crippen molar-refractivity contribution >= 4 is 52.3 Å². The van der Waals surface area contributed by atoms with Crippen molar-refractivity contribution in [3.8, 4) is 16.9 Å². The molecule has 2 aromatic carbocycles. The zero-order chi connectivity index (χ0) is 49.1. The molecule has 69 heavy (non-hydrogen) atoms. The molecule has 0 saturated carbocycles.